The molecule has 142 valence electrons. The number of likely N-dealkylation sites (tertiary alicyclic amines) is 1. The highest BCUT2D eigenvalue weighted by molar-refractivity contribution is 6.38. The molecular formula is C20H29N3O3. The highest BCUT2D eigenvalue weighted by Crippen LogP contribution is 2.25. The van der Waals surface area contributed by atoms with Crippen molar-refractivity contribution in [1.29, 1.82) is 0 Å². The average molecular weight is 359 g/mol. The number of rotatable bonds is 8. The van der Waals surface area contributed by atoms with E-state index in [2.05, 4.69) is 10.3 Å². The summed E-state index contributed by atoms with van der Waals surface area (Å²) in [4.78, 5) is 43.0. The third-order valence-corrected chi connectivity index (χ3v) is 5.17. The molecule has 1 aromatic heterocycles. The second-order valence-electron chi connectivity index (χ2n) is 7.48. The first-order valence-corrected chi connectivity index (χ1v) is 9.39. The number of aromatic nitrogens is 1. The van der Waals surface area contributed by atoms with Gasteiger partial charge in [-0.1, -0.05) is 26.8 Å². The van der Waals surface area contributed by atoms with Crippen LogP contribution in [0.3, 0.4) is 0 Å². The minimum atomic E-state index is -0.690. The number of carbonyl (C=O) groups is 3. The lowest BCUT2D eigenvalue weighted by molar-refractivity contribution is -0.151. The van der Waals surface area contributed by atoms with Crippen molar-refractivity contribution < 1.29 is 14.4 Å². The Bertz CT molecular complexity index is 643. The van der Waals surface area contributed by atoms with E-state index >= 15 is 0 Å². The van der Waals surface area contributed by atoms with Crippen molar-refractivity contribution >= 4 is 17.6 Å². The van der Waals surface area contributed by atoms with E-state index in [-0.39, 0.29) is 5.91 Å². The number of amides is 2. The van der Waals surface area contributed by atoms with Crippen LogP contribution >= 0.6 is 0 Å². The number of Topliss-reactive ketones (excluding diaryl/α,β-unsaturated/α-hetero) is 1. The Balaban J connectivity index is 1.85. The van der Waals surface area contributed by atoms with Crippen molar-refractivity contribution in [2.45, 2.75) is 58.9 Å². The average Bonchev–Trinajstić information content (AvgIpc) is 3.14. The van der Waals surface area contributed by atoms with Crippen molar-refractivity contribution in [2.75, 3.05) is 13.1 Å². The van der Waals surface area contributed by atoms with Crippen molar-refractivity contribution in [3.05, 3.63) is 30.1 Å². The highest BCUT2D eigenvalue weighted by Gasteiger charge is 2.40. The fourth-order valence-corrected chi connectivity index (χ4v) is 3.03. The zero-order valence-electron chi connectivity index (χ0n) is 16.0. The number of aryl methyl sites for hydroxylation is 1. The molecule has 0 aromatic carbocycles. The van der Waals surface area contributed by atoms with Crippen LogP contribution in [0.25, 0.3) is 0 Å². The largest absolute Gasteiger partial charge is 0.354 e. The number of nitrogens with zero attached hydrogens (tertiary/aromatic N) is 2. The molecule has 6 heteroatoms. The summed E-state index contributed by atoms with van der Waals surface area (Å²) in [6, 6.07) is 3.37. The molecule has 0 radical (unpaired) electrons. The molecule has 0 spiro atoms. The van der Waals surface area contributed by atoms with Crippen LogP contribution in [-0.4, -0.2) is 46.6 Å². The van der Waals surface area contributed by atoms with E-state index in [1.165, 1.54) is 4.90 Å². The highest BCUT2D eigenvalue weighted by atomic mass is 16.2. The monoisotopic (exact) mass is 359 g/mol. The van der Waals surface area contributed by atoms with Crippen LogP contribution in [0, 0.1) is 5.41 Å². The van der Waals surface area contributed by atoms with Gasteiger partial charge in [-0.3, -0.25) is 19.4 Å². The summed E-state index contributed by atoms with van der Waals surface area (Å²) in [5.41, 5.74) is 0.441. The summed E-state index contributed by atoms with van der Waals surface area (Å²) in [7, 11) is 0. The minimum Gasteiger partial charge on any atom is -0.354 e. The van der Waals surface area contributed by atoms with E-state index in [4.69, 9.17) is 0 Å². The van der Waals surface area contributed by atoms with E-state index in [9.17, 15) is 14.4 Å². The molecule has 2 heterocycles. The molecule has 2 rings (SSSR count). The SMILES string of the molecule is CCC(C)(C)C(=O)C(=O)N1CCCC1C(=O)NCCCc1cccnc1. The maximum Gasteiger partial charge on any atom is 0.291 e. The maximum atomic E-state index is 12.6. The summed E-state index contributed by atoms with van der Waals surface area (Å²) in [6.45, 7) is 6.45. The molecule has 1 aliphatic rings. The van der Waals surface area contributed by atoms with Gasteiger partial charge in [-0.15, -0.1) is 0 Å². The number of hydrogen-bond donors (Lipinski definition) is 1. The minimum absolute atomic E-state index is 0.163. The van der Waals surface area contributed by atoms with E-state index in [0.29, 0.717) is 25.9 Å². The van der Waals surface area contributed by atoms with E-state index in [1.54, 1.807) is 20.0 Å². The zero-order valence-corrected chi connectivity index (χ0v) is 16.0. The van der Waals surface area contributed by atoms with Crippen molar-refractivity contribution in [3.8, 4) is 0 Å². The molecule has 26 heavy (non-hydrogen) atoms. The van der Waals surface area contributed by atoms with Gasteiger partial charge in [0.2, 0.25) is 11.7 Å². The predicted octanol–water partition coefficient (Wildman–Crippen LogP) is 2.13. The van der Waals surface area contributed by atoms with Gasteiger partial charge in [0.25, 0.3) is 5.91 Å². The Labute approximate surface area is 155 Å². The fourth-order valence-electron chi connectivity index (χ4n) is 3.03. The van der Waals surface area contributed by atoms with Gasteiger partial charge >= 0.3 is 0 Å². The molecular weight excluding hydrogens is 330 g/mol. The van der Waals surface area contributed by atoms with Crippen LogP contribution in [0.1, 0.15) is 52.0 Å². The van der Waals surface area contributed by atoms with Crippen LogP contribution in [0.4, 0.5) is 0 Å². The summed E-state index contributed by atoms with van der Waals surface area (Å²) in [5.74, 6) is -1.09. The first-order chi connectivity index (χ1) is 12.4. The molecule has 1 aliphatic heterocycles. The number of nitrogens with one attached hydrogen (secondary N) is 1. The van der Waals surface area contributed by atoms with Gasteiger partial charge in [0, 0.05) is 30.9 Å². The normalized spacial score (nSPS) is 17.2. The Morgan fingerprint density at radius 3 is 2.77 bits per heavy atom. The van der Waals surface area contributed by atoms with Crippen molar-refractivity contribution in [1.82, 2.24) is 15.2 Å². The predicted molar refractivity (Wildman–Crippen MR) is 99.4 cm³/mol. The van der Waals surface area contributed by atoms with Gasteiger partial charge in [0.05, 0.1) is 0 Å². The summed E-state index contributed by atoms with van der Waals surface area (Å²) in [5, 5.41) is 2.91. The molecule has 2 amide bonds. The molecule has 1 atom stereocenters. The van der Waals surface area contributed by atoms with Crippen LogP contribution < -0.4 is 5.32 Å². The quantitative estimate of drug-likeness (QED) is 0.570. The lowest BCUT2D eigenvalue weighted by atomic mass is 9.84. The Morgan fingerprint density at radius 1 is 1.35 bits per heavy atom. The van der Waals surface area contributed by atoms with E-state index in [0.717, 1.165) is 24.8 Å². The van der Waals surface area contributed by atoms with Gasteiger partial charge in [0.15, 0.2) is 0 Å². The van der Waals surface area contributed by atoms with Crippen molar-refractivity contribution in [2.24, 2.45) is 5.41 Å². The van der Waals surface area contributed by atoms with E-state index < -0.39 is 23.1 Å². The second-order valence-corrected chi connectivity index (χ2v) is 7.48. The van der Waals surface area contributed by atoms with Crippen molar-refractivity contribution in [3.63, 3.8) is 0 Å². The van der Waals surface area contributed by atoms with Gasteiger partial charge in [0.1, 0.15) is 6.04 Å². The molecule has 6 nitrogen and oxygen atoms in total. The topological polar surface area (TPSA) is 79.4 Å². The van der Waals surface area contributed by atoms with E-state index in [1.807, 2.05) is 25.3 Å². The lowest BCUT2D eigenvalue weighted by Gasteiger charge is -2.27. The Kier molecular flexibility index (Phi) is 6.89. The first-order valence-electron chi connectivity index (χ1n) is 9.39. The summed E-state index contributed by atoms with van der Waals surface area (Å²) < 4.78 is 0. The van der Waals surface area contributed by atoms with Gasteiger partial charge in [-0.2, -0.15) is 0 Å². The molecule has 0 aliphatic carbocycles. The molecule has 0 saturated carbocycles. The zero-order chi connectivity index (χ0) is 19.2. The number of ketones is 1. The van der Waals surface area contributed by atoms with Crippen LogP contribution in [0.15, 0.2) is 24.5 Å². The third kappa shape index (κ3) is 4.90. The molecule has 1 N–H and O–H groups in total. The molecule has 1 saturated heterocycles. The van der Waals surface area contributed by atoms with Gasteiger partial charge in [-0.25, -0.2) is 0 Å². The fraction of sp³-hybridized carbons (Fsp3) is 0.600. The lowest BCUT2D eigenvalue weighted by Crippen LogP contribution is -2.50. The van der Waals surface area contributed by atoms with Crippen LogP contribution in [0.5, 0.6) is 0 Å². The smallest absolute Gasteiger partial charge is 0.291 e. The molecule has 1 unspecified atom stereocenters. The Hall–Kier alpha value is -2.24. The molecule has 0 bridgehead atoms. The number of pyridine rings is 1. The third-order valence-electron chi connectivity index (χ3n) is 5.17. The number of carbonyl (C=O) groups excluding carboxylic acids is 3. The summed E-state index contributed by atoms with van der Waals surface area (Å²) in [6.07, 6.45) is 7.15. The second kappa shape index (κ2) is 8.92. The van der Waals surface area contributed by atoms with Gasteiger partial charge in [-0.05, 0) is 43.7 Å². The van der Waals surface area contributed by atoms with Crippen LogP contribution in [0.2, 0.25) is 0 Å². The first kappa shape index (κ1) is 20.1. The van der Waals surface area contributed by atoms with Crippen LogP contribution in [-0.2, 0) is 20.8 Å². The maximum absolute atomic E-state index is 12.6. The number of hydrogen-bond acceptors (Lipinski definition) is 4. The standard InChI is InChI=1S/C20H29N3O3/c1-4-20(2,3)17(24)19(26)23-13-7-10-16(23)18(25)22-12-6-9-15-8-5-11-21-14-15/h5,8,11,14,16H,4,6-7,9-10,12-13H2,1-3H3,(H,22,25). The summed E-state index contributed by atoms with van der Waals surface area (Å²) >= 11 is 0. The molecule has 1 fully saturated rings. The Morgan fingerprint density at radius 2 is 2.12 bits per heavy atom. The van der Waals surface area contributed by atoms with Gasteiger partial charge < -0.3 is 10.2 Å². The molecule has 1 aromatic rings.